The molecule has 1 saturated heterocycles. The Morgan fingerprint density at radius 2 is 1.91 bits per heavy atom. The zero-order valence-corrected chi connectivity index (χ0v) is 13.2. The minimum absolute atomic E-state index is 0.103. The number of amides is 1. The highest BCUT2D eigenvalue weighted by molar-refractivity contribution is 5.93. The molecule has 1 aliphatic heterocycles. The first-order valence-electron chi connectivity index (χ1n) is 8.60. The third kappa shape index (κ3) is 2.76. The summed E-state index contributed by atoms with van der Waals surface area (Å²) in [5, 5.41) is 4.27. The summed E-state index contributed by atoms with van der Waals surface area (Å²) in [6.07, 6.45) is 8.23. The number of carbonyl (C=O) groups is 1. The van der Waals surface area contributed by atoms with Crippen LogP contribution in [0.5, 0.6) is 0 Å². The lowest BCUT2D eigenvalue weighted by molar-refractivity contribution is -0.122. The second-order valence-corrected chi connectivity index (χ2v) is 6.56. The highest BCUT2D eigenvalue weighted by atomic mass is 16.2. The number of aromatic nitrogens is 2. The van der Waals surface area contributed by atoms with Gasteiger partial charge in [0.15, 0.2) is 0 Å². The number of benzene rings is 1. The molecule has 1 atom stereocenters. The fraction of sp³-hybridized carbons (Fsp3) is 0.500. The molecule has 23 heavy (non-hydrogen) atoms. The van der Waals surface area contributed by atoms with Crippen LogP contribution in [-0.4, -0.2) is 34.5 Å². The Morgan fingerprint density at radius 3 is 2.78 bits per heavy atom. The van der Waals surface area contributed by atoms with Gasteiger partial charge in [-0.2, -0.15) is 0 Å². The van der Waals surface area contributed by atoms with Gasteiger partial charge in [-0.1, -0.05) is 25.0 Å². The summed E-state index contributed by atoms with van der Waals surface area (Å²) in [6.45, 7) is 0.879. The predicted molar refractivity (Wildman–Crippen MR) is 90.3 cm³/mol. The summed E-state index contributed by atoms with van der Waals surface area (Å²) < 4.78 is 0. The zero-order chi connectivity index (χ0) is 15.6. The van der Waals surface area contributed by atoms with Crippen LogP contribution in [0.4, 0.5) is 5.82 Å². The second-order valence-electron chi connectivity index (χ2n) is 6.56. The minimum Gasteiger partial charge on any atom is -0.352 e. The molecule has 1 unspecified atom stereocenters. The quantitative estimate of drug-likeness (QED) is 0.947. The van der Waals surface area contributed by atoms with Crippen molar-refractivity contribution in [2.24, 2.45) is 0 Å². The van der Waals surface area contributed by atoms with Gasteiger partial charge in [-0.25, -0.2) is 9.97 Å². The first kappa shape index (κ1) is 14.4. The van der Waals surface area contributed by atoms with Crippen molar-refractivity contribution in [1.29, 1.82) is 0 Å². The van der Waals surface area contributed by atoms with Crippen molar-refractivity contribution in [3.63, 3.8) is 0 Å². The molecule has 0 spiro atoms. The summed E-state index contributed by atoms with van der Waals surface area (Å²) in [4.78, 5) is 23.7. The molecule has 1 amide bonds. The molecule has 1 aliphatic carbocycles. The number of nitrogens with one attached hydrogen (secondary N) is 1. The Hall–Kier alpha value is -2.17. The largest absolute Gasteiger partial charge is 0.352 e. The molecule has 2 aromatic rings. The van der Waals surface area contributed by atoms with Crippen molar-refractivity contribution in [2.75, 3.05) is 11.4 Å². The van der Waals surface area contributed by atoms with E-state index >= 15 is 0 Å². The van der Waals surface area contributed by atoms with Crippen molar-refractivity contribution >= 4 is 22.6 Å². The molecule has 1 N–H and O–H groups in total. The SMILES string of the molecule is O=C(NC1CCCC1)C1CCCN1c1ncnc2ccccc12. The highest BCUT2D eigenvalue weighted by Gasteiger charge is 2.33. The minimum atomic E-state index is -0.103. The van der Waals surface area contributed by atoms with Crippen LogP contribution in [0.2, 0.25) is 0 Å². The molecule has 4 rings (SSSR count). The molecule has 2 heterocycles. The van der Waals surface area contributed by atoms with E-state index in [1.54, 1.807) is 6.33 Å². The van der Waals surface area contributed by atoms with Gasteiger partial charge < -0.3 is 10.2 Å². The summed E-state index contributed by atoms with van der Waals surface area (Å²) in [5.41, 5.74) is 0.930. The first-order chi connectivity index (χ1) is 11.3. The van der Waals surface area contributed by atoms with Crippen molar-refractivity contribution in [3.05, 3.63) is 30.6 Å². The van der Waals surface area contributed by atoms with Crippen LogP contribution in [0.15, 0.2) is 30.6 Å². The lowest BCUT2D eigenvalue weighted by Gasteiger charge is -2.27. The van der Waals surface area contributed by atoms with E-state index < -0.39 is 0 Å². The molecule has 1 aromatic heterocycles. The summed E-state index contributed by atoms with van der Waals surface area (Å²) >= 11 is 0. The monoisotopic (exact) mass is 310 g/mol. The molecule has 2 fully saturated rings. The number of fused-ring (bicyclic) bond motifs is 1. The van der Waals surface area contributed by atoms with Gasteiger partial charge in [0, 0.05) is 18.0 Å². The maximum atomic E-state index is 12.7. The zero-order valence-electron chi connectivity index (χ0n) is 13.2. The van der Waals surface area contributed by atoms with Gasteiger partial charge in [0.05, 0.1) is 5.52 Å². The Kier molecular flexibility index (Phi) is 3.85. The van der Waals surface area contributed by atoms with E-state index in [0.29, 0.717) is 6.04 Å². The van der Waals surface area contributed by atoms with Gasteiger partial charge in [-0.15, -0.1) is 0 Å². The standard InChI is InChI=1S/C18H22N4O/c23-18(21-13-6-1-2-7-13)16-10-5-11-22(16)17-14-8-3-4-9-15(14)19-12-20-17/h3-4,8-9,12-13,16H,1-2,5-7,10-11H2,(H,21,23). The number of para-hydroxylation sites is 1. The maximum absolute atomic E-state index is 12.7. The number of nitrogens with zero attached hydrogens (tertiary/aromatic N) is 3. The van der Waals surface area contributed by atoms with Gasteiger partial charge in [0.1, 0.15) is 18.2 Å². The predicted octanol–water partition coefficient (Wildman–Crippen LogP) is 2.66. The normalized spacial score (nSPS) is 21.9. The van der Waals surface area contributed by atoms with E-state index in [1.807, 2.05) is 24.3 Å². The first-order valence-corrected chi connectivity index (χ1v) is 8.60. The number of rotatable bonds is 3. The van der Waals surface area contributed by atoms with Crippen LogP contribution >= 0.6 is 0 Å². The second kappa shape index (κ2) is 6.14. The summed E-state index contributed by atoms with van der Waals surface area (Å²) in [5.74, 6) is 1.05. The van der Waals surface area contributed by atoms with Crippen LogP contribution in [0, 0.1) is 0 Å². The molecule has 120 valence electrons. The number of hydrogen-bond acceptors (Lipinski definition) is 4. The van der Waals surface area contributed by atoms with Crippen molar-refractivity contribution in [2.45, 2.75) is 50.6 Å². The van der Waals surface area contributed by atoms with Gasteiger partial charge in [0.2, 0.25) is 5.91 Å². The number of anilines is 1. The maximum Gasteiger partial charge on any atom is 0.242 e. The fourth-order valence-electron chi connectivity index (χ4n) is 3.88. The number of hydrogen-bond donors (Lipinski definition) is 1. The fourth-order valence-corrected chi connectivity index (χ4v) is 3.88. The van der Waals surface area contributed by atoms with Crippen LogP contribution < -0.4 is 10.2 Å². The van der Waals surface area contributed by atoms with Crippen LogP contribution in [0.25, 0.3) is 10.9 Å². The molecule has 2 aliphatic rings. The van der Waals surface area contributed by atoms with Crippen LogP contribution in [0.3, 0.4) is 0 Å². The summed E-state index contributed by atoms with van der Waals surface area (Å²) in [6, 6.07) is 8.27. The molecular formula is C18H22N4O. The van der Waals surface area contributed by atoms with Crippen LogP contribution in [-0.2, 0) is 4.79 Å². The molecule has 0 bridgehead atoms. The van der Waals surface area contributed by atoms with Gasteiger partial charge >= 0.3 is 0 Å². The molecule has 5 nitrogen and oxygen atoms in total. The van der Waals surface area contributed by atoms with E-state index in [2.05, 4.69) is 20.2 Å². The Morgan fingerprint density at radius 1 is 1.09 bits per heavy atom. The molecular weight excluding hydrogens is 288 g/mol. The molecule has 0 radical (unpaired) electrons. The average molecular weight is 310 g/mol. The van der Waals surface area contributed by atoms with E-state index in [-0.39, 0.29) is 11.9 Å². The average Bonchev–Trinajstić information content (AvgIpc) is 3.25. The van der Waals surface area contributed by atoms with Crippen molar-refractivity contribution < 1.29 is 4.79 Å². The summed E-state index contributed by atoms with van der Waals surface area (Å²) in [7, 11) is 0. The molecule has 1 aromatic carbocycles. The van der Waals surface area contributed by atoms with Crippen molar-refractivity contribution in [1.82, 2.24) is 15.3 Å². The lowest BCUT2D eigenvalue weighted by atomic mass is 10.1. The number of carbonyl (C=O) groups excluding carboxylic acids is 1. The highest BCUT2D eigenvalue weighted by Crippen LogP contribution is 2.30. The Labute approximate surface area is 136 Å². The topological polar surface area (TPSA) is 58.1 Å². The van der Waals surface area contributed by atoms with E-state index in [0.717, 1.165) is 48.9 Å². The Bertz CT molecular complexity index is 706. The molecule has 1 saturated carbocycles. The van der Waals surface area contributed by atoms with E-state index in [9.17, 15) is 4.79 Å². The van der Waals surface area contributed by atoms with Crippen molar-refractivity contribution in [3.8, 4) is 0 Å². The van der Waals surface area contributed by atoms with E-state index in [1.165, 1.54) is 12.8 Å². The third-order valence-electron chi connectivity index (χ3n) is 5.05. The lowest BCUT2D eigenvalue weighted by Crippen LogP contribution is -2.46. The Balaban J connectivity index is 1.60. The van der Waals surface area contributed by atoms with E-state index in [4.69, 9.17) is 0 Å². The smallest absolute Gasteiger partial charge is 0.242 e. The molecule has 5 heteroatoms. The van der Waals surface area contributed by atoms with Gasteiger partial charge in [0.25, 0.3) is 0 Å². The third-order valence-corrected chi connectivity index (χ3v) is 5.05. The van der Waals surface area contributed by atoms with Crippen LogP contribution in [0.1, 0.15) is 38.5 Å². The van der Waals surface area contributed by atoms with Gasteiger partial charge in [-0.3, -0.25) is 4.79 Å². The van der Waals surface area contributed by atoms with Gasteiger partial charge in [-0.05, 0) is 37.8 Å².